The Morgan fingerprint density at radius 1 is 0.800 bits per heavy atom. The van der Waals surface area contributed by atoms with Crippen molar-refractivity contribution in [2.45, 2.75) is 19.5 Å². The van der Waals surface area contributed by atoms with E-state index >= 15 is 0 Å². The summed E-state index contributed by atoms with van der Waals surface area (Å²) in [7, 11) is 0. The third-order valence-electron chi connectivity index (χ3n) is 3.86. The molecule has 0 aliphatic carbocycles. The van der Waals surface area contributed by atoms with Crippen LogP contribution in [0.1, 0.15) is 24.1 Å². The Morgan fingerprint density at radius 3 is 2.35 bits per heavy atom. The van der Waals surface area contributed by atoms with Crippen molar-refractivity contribution < 1.29 is 5.32 Å². The van der Waals surface area contributed by atoms with E-state index in [9.17, 15) is 0 Å². The van der Waals surface area contributed by atoms with E-state index in [-0.39, 0.29) is 0 Å². The summed E-state index contributed by atoms with van der Waals surface area (Å²) in [4.78, 5) is 0. The normalized spacial score (nSPS) is 12.4. The van der Waals surface area contributed by atoms with Gasteiger partial charge in [-0.05, 0) is 17.7 Å². The highest BCUT2D eigenvalue weighted by Gasteiger charge is 2.11. The SMILES string of the molecule is C[C@H]([NH2+]Cc1ccccc1)c1cccc2ccccc12. The molecule has 0 saturated heterocycles. The van der Waals surface area contributed by atoms with Crippen molar-refractivity contribution in [3.63, 3.8) is 0 Å². The van der Waals surface area contributed by atoms with E-state index in [1.54, 1.807) is 0 Å². The van der Waals surface area contributed by atoms with E-state index in [2.05, 4.69) is 85.0 Å². The summed E-state index contributed by atoms with van der Waals surface area (Å²) >= 11 is 0. The highest BCUT2D eigenvalue weighted by Crippen LogP contribution is 2.22. The third kappa shape index (κ3) is 2.73. The maximum atomic E-state index is 2.40. The maximum absolute atomic E-state index is 2.40. The van der Waals surface area contributed by atoms with Crippen molar-refractivity contribution in [2.75, 3.05) is 0 Å². The molecule has 0 unspecified atom stereocenters. The van der Waals surface area contributed by atoms with Gasteiger partial charge in [-0.25, -0.2) is 0 Å². The van der Waals surface area contributed by atoms with Crippen LogP contribution >= 0.6 is 0 Å². The van der Waals surface area contributed by atoms with Gasteiger partial charge in [0.2, 0.25) is 0 Å². The van der Waals surface area contributed by atoms with Crippen LogP contribution in [-0.4, -0.2) is 0 Å². The maximum Gasteiger partial charge on any atom is 0.110 e. The van der Waals surface area contributed by atoms with Crippen molar-refractivity contribution in [3.8, 4) is 0 Å². The van der Waals surface area contributed by atoms with Crippen LogP contribution in [0.15, 0.2) is 72.8 Å². The Morgan fingerprint density at radius 2 is 1.50 bits per heavy atom. The summed E-state index contributed by atoms with van der Waals surface area (Å²) in [6.45, 7) is 3.30. The first-order valence-electron chi connectivity index (χ1n) is 7.19. The van der Waals surface area contributed by atoms with Crippen LogP contribution in [0.2, 0.25) is 0 Å². The molecule has 0 amide bonds. The van der Waals surface area contributed by atoms with E-state index < -0.39 is 0 Å². The Kier molecular flexibility index (Phi) is 3.80. The fourth-order valence-electron chi connectivity index (χ4n) is 2.70. The molecule has 0 aliphatic rings. The van der Waals surface area contributed by atoms with Crippen LogP contribution in [0.4, 0.5) is 0 Å². The largest absolute Gasteiger partial charge is 0.337 e. The van der Waals surface area contributed by atoms with Gasteiger partial charge in [-0.1, -0.05) is 72.8 Å². The number of rotatable bonds is 4. The van der Waals surface area contributed by atoms with Gasteiger partial charge in [0.1, 0.15) is 12.6 Å². The van der Waals surface area contributed by atoms with Gasteiger partial charge < -0.3 is 5.32 Å². The van der Waals surface area contributed by atoms with Crippen molar-refractivity contribution >= 4 is 10.8 Å². The van der Waals surface area contributed by atoms with Crippen LogP contribution in [0.3, 0.4) is 0 Å². The van der Waals surface area contributed by atoms with Crippen LogP contribution in [0.25, 0.3) is 10.8 Å². The average Bonchev–Trinajstić information content (AvgIpc) is 2.53. The van der Waals surface area contributed by atoms with Crippen molar-refractivity contribution in [2.24, 2.45) is 0 Å². The standard InChI is InChI=1S/C19H19N/c1-15(20-14-16-8-3-2-4-9-16)18-13-7-11-17-10-5-6-12-19(17)18/h2-13,15,20H,14H2,1H3/p+1/t15-/m0/s1. The fraction of sp³-hybridized carbons (Fsp3) is 0.158. The topological polar surface area (TPSA) is 16.6 Å². The van der Waals surface area contributed by atoms with Crippen LogP contribution in [-0.2, 0) is 6.54 Å². The monoisotopic (exact) mass is 262 g/mol. The van der Waals surface area contributed by atoms with Gasteiger partial charge in [0.05, 0.1) is 0 Å². The lowest BCUT2D eigenvalue weighted by molar-refractivity contribution is -0.707. The first-order chi connectivity index (χ1) is 9.84. The van der Waals surface area contributed by atoms with Crippen molar-refractivity contribution in [3.05, 3.63) is 83.9 Å². The van der Waals surface area contributed by atoms with Gasteiger partial charge in [0.25, 0.3) is 0 Å². The Hall–Kier alpha value is -2.12. The molecule has 2 N–H and O–H groups in total. The number of hydrogen-bond acceptors (Lipinski definition) is 0. The number of fused-ring (bicyclic) bond motifs is 1. The molecule has 1 atom stereocenters. The summed E-state index contributed by atoms with van der Waals surface area (Å²) in [5.74, 6) is 0. The Bertz CT molecular complexity index is 683. The molecule has 1 heteroatoms. The molecular weight excluding hydrogens is 242 g/mol. The van der Waals surface area contributed by atoms with E-state index in [1.165, 1.54) is 21.9 Å². The molecule has 0 spiro atoms. The molecule has 20 heavy (non-hydrogen) atoms. The van der Waals surface area contributed by atoms with E-state index in [0.717, 1.165) is 6.54 Å². The summed E-state index contributed by atoms with van der Waals surface area (Å²) in [6, 6.07) is 26.3. The molecule has 0 fully saturated rings. The molecular formula is C19H20N+. The summed E-state index contributed by atoms with van der Waals surface area (Å²) < 4.78 is 0. The zero-order valence-electron chi connectivity index (χ0n) is 11.8. The lowest BCUT2D eigenvalue weighted by Gasteiger charge is -2.13. The second-order valence-electron chi connectivity index (χ2n) is 5.28. The first kappa shape index (κ1) is 12.9. The van der Waals surface area contributed by atoms with Crippen molar-refractivity contribution in [1.29, 1.82) is 0 Å². The number of benzene rings is 3. The molecule has 0 bridgehead atoms. The highest BCUT2D eigenvalue weighted by atomic mass is 14.9. The molecule has 0 radical (unpaired) electrons. The predicted molar refractivity (Wildman–Crippen MR) is 84.4 cm³/mol. The van der Waals surface area contributed by atoms with Gasteiger partial charge in [-0.15, -0.1) is 0 Å². The quantitative estimate of drug-likeness (QED) is 0.739. The van der Waals surface area contributed by atoms with Gasteiger partial charge in [0.15, 0.2) is 0 Å². The molecule has 0 aliphatic heterocycles. The molecule has 100 valence electrons. The molecule has 1 nitrogen and oxygen atoms in total. The minimum Gasteiger partial charge on any atom is -0.337 e. The Labute approximate surface area is 120 Å². The average molecular weight is 262 g/mol. The van der Waals surface area contributed by atoms with Crippen LogP contribution < -0.4 is 5.32 Å². The van der Waals surface area contributed by atoms with Crippen molar-refractivity contribution in [1.82, 2.24) is 0 Å². The molecule has 3 aromatic carbocycles. The van der Waals surface area contributed by atoms with Crippen LogP contribution in [0.5, 0.6) is 0 Å². The van der Waals surface area contributed by atoms with Crippen LogP contribution in [0, 0.1) is 0 Å². The summed E-state index contributed by atoms with van der Waals surface area (Å²) in [5.41, 5.74) is 2.79. The second kappa shape index (κ2) is 5.89. The molecule has 0 saturated carbocycles. The zero-order valence-corrected chi connectivity index (χ0v) is 11.8. The molecule has 0 heterocycles. The highest BCUT2D eigenvalue weighted by molar-refractivity contribution is 5.85. The minimum absolute atomic E-state index is 0.460. The fourth-order valence-corrected chi connectivity index (χ4v) is 2.70. The summed E-state index contributed by atoms with van der Waals surface area (Å²) in [5, 5.41) is 5.09. The molecule has 3 rings (SSSR count). The van der Waals surface area contributed by atoms with E-state index in [1.807, 2.05) is 0 Å². The van der Waals surface area contributed by atoms with E-state index in [0.29, 0.717) is 6.04 Å². The smallest absolute Gasteiger partial charge is 0.110 e. The van der Waals surface area contributed by atoms with E-state index in [4.69, 9.17) is 0 Å². The lowest BCUT2D eigenvalue weighted by atomic mass is 9.99. The second-order valence-corrected chi connectivity index (χ2v) is 5.28. The molecule has 0 aromatic heterocycles. The lowest BCUT2D eigenvalue weighted by Crippen LogP contribution is -2.83. The number of hydrogen-bond donors (Lipinski definition) is 1. The number of quaternary nitrogens is 1. The zero-order chi connectivity index (χ0) is 13.8. The Balaban J connectivity index is 1.80. The van der Waals surface area contributed by atoms with Gasteiger partial charge >= 0.3 is 0 Å². The van der Waals surface area contributed by atoms with Gasteiger partial charge in [-0.2, -0.15) is 0 Å². The minimum atomic E-state index is 0.460. The number of nitrogens with two attached hydrogens (primary N) is 1. The predicted octanol–water partition coefficient (Wildman–Crippen LogP) is 3.66. The summed E-state index contributed by atoms with van der Waals surface area (Å²) in [6.07, 6.45) is 0. The van der Waals surface area contributed by atoms with Gasteiger partial charge in [0, 0.05) is 11.1 Å². The first-order valence-corrected chi connectivity index (χ1v) is 7.19. The van der Waals surface area contributed by atoms with Gasteiger partial charge in [-0.3, -0.25) is 0 Å². The third-order valence-corrected chi connectivity index (χ3v) is 3.86. The molecule has 3 aromatic rings.